The van der Waals surface area contributed by atoms with Crippen LogP contribution in [0.2, 0.25) is 0 Å². The summed E-state index contributed by atoms with van der Waals surface area (Å²) in [5.74, 6) is 1.32. The van der Waals surface area contributed by atoms with Gasteiger partial charge in [0.2, 0.25) is 10.9 Å². The molecule has 1 aliphatic rings. The molecule has 1 aliphatic carbocycles. The molecular formula is C28H34N2O5S2. The van der Waals surface area contributed by atoms with Crippen molar-refractivity contribution in [2.24, 2.45) is 11.3 Å². The average molecular weight is 543 g/mol. The van der Waals surface area contributed by atoms with E-state index >= 15 is 0 Å². The smallest absolute Gasteiger partial charge is 0.337 e. The van der Waals surface area contributed by atoms with Gasteiger partial charge in [0.05, 0.1) is 19.8 Å². The largest absolute Gasteiger partial charge is 0.495 e. The van der Waals surface area contributed by atoms with Crippen molar-refractivity contribution in [3.63, 3.8) is 0 Å². The second-order valence-electron chi connectivity index (χ2n) is 10.5. The highest BCUT2D eigenvalue weighted by molar-refractivity contribution is 7.74. The number of esters is 1. The minimum atomic E-state index is -3.07. The van der Waals surface area contributed by atoms with Gasteiger partial charge in [-0.2, -0.15) is 0 Å². The first-order chi connectivity index (χ1) is 17.6. The Hall–Kier alpha value is -2.91. The Labute approximate surface area is 224 Å². The first kappa shape index (κ1) is 27.1. The van der Waals surface area contributed by atoms with Gasteiger partial charge in [-0.05, 0) is 66.7 Å². The first-order valence-corrected chi connectivity index (χ1v) is 14.4. The van der Waals surface area contributed by atoms with E-state index in [2.05, 4.69) is 50.0 Å². The number of rotatable bonds is 7. The Balaban J connectivity index is 1.54. The molecule has 198 valence electrons. The molecule has 37 heavy (non-hydrogen) atoms. The third-order valence-electron chi connectivity index (χ3n) is 7.28. The molecule has 0 N–H and O–H groups in total. The molecule has 0 atom stereocenters. The summed E-state index contributed by atoms with van der Waals surface area (Å²) in [6.45, 7) is 7.02. The summed E-state index contributed by atoms with van der Waals surface area (Å²) < 4.78 is 35.8. The fourth-order valence-corrected chi connectivity index (χ4v) is 6.56. The van der Waals surface area contributed by atoms with Crippen LogP contribution in [-0.4, -0.2) is 33.6 Å². The monoisotopic (exact) mass is 542 g/mol. The van der Waals surface area contributed by atoms with Crippen molar-refractivity contribution in [1.29, 1.82) is 0 Å². The van der Waals surface area contributed by atoms with E-state index in [9.17, 15) is 13.2 Å². The van der Waals surface area contributed by atoms with E-state index in [0.717, 1.165) is 20.8 Å². The molecule has 0 saturated heterocycles. The van der Waals surface area contributed by atoms with Gasteiger partial charge >= 0.3 is 5.97 Å². The van der Waals surface area contributed by atoms with Crippen LogP contribution < -0.4 is 9.04 Å². The number of anilines is 2. The van der Waals surface area contributed by atoms with Crippen molar-refractivity contribution in [3.05, 3.63) is 59.0 Å². The van der Waals surface area contributed by atoms with Crippen molar-refractivity contribution >= 4 is 39.7 Å². The van der Waals surface area contributed by atoms with E-state index in [1.807, 2.05) is 0 Å². The maximum Gasteiger partial charge on any atom is 0.337 e. The molecular weight excluding hydrogens is 508 g/mol. The van der Waals surface area contributed by atoms with Gasteiger partial charge in [0.1, 0.15) is 16.4 Å². The summed E-state index contributed by atoms with van der Waals surface area (Å²) in [4.78, 5) is 16.5. The van der Waals surface area contributed by atoms with Gasteiger partial charge in [0, 0.05) is 10.9 Å². The topological polar surface area (TPSA) is 85.8 Å². The molecule has 0 amide bonds. The second kappa shape index (κ2) is 11.2. The van der Waals surface area contributed by atoms with E-state index in [4.69, 9.17) is 9.47 Å². The third kappa shape index (κ3) is 5.99. The summed E-state index contributed by atoms with van der Waals surface area (Å²) in [5.41, 5.74) is 3.19. The minimum Gasteiger partial charge on any atom is -0.495 e. The Morgan fingerprint density at radius 3 is 2.27 bits per heavy atom. The van der Waals surface area contributed by atoms with Crippen molar-refractivity contribution in [3.8, 4) is 16.3 Å². The summed E-state index contributed by atoms with van der Waals surface area (Å²) in [6.07, 6.45) is 4.95. The summed E-state index contributed by atoms with van der Waals surface area (Å²) in [5, 5.41) is 2.43. The molecule has 7 nitrogen and oxygen atoms in total. The summed E-state index contributed by atoms with van der Waals surface area (Å²) in [7, 11) is -0.369. The van der Waals surface area contributed by atoms with Crippen LogP contribution in [0.1, 0.15) is 68.3 Å². The van der Waals surface area contributed by atoms with Crippen LogP contribution in [0.3, 0.4) is 0 Å². The zero-order valence-electron chi connectivity index (χ0n) is 21.9. The van der Waals surface area contributed by atoms with Crippen LogP contribution in [-0.2, 0) is 15.6 Å². The number of thiol groups is 1. The maximum atomic E-state index is 12.3. The number of carbonyl (C=O) groups excluding carboxylic acids is 1. The lowest BCUT2D eigenvalue weighted by Gasteiger charge is -2.37. The normalized spacial score (nSPS) is 18.0. The lowest BCUT2D eigenvalue weighted by Crippen LogP contribution is -2.25. The van der Waals surface area contributed by atoms with Gasteiger partial charge in [0.25, 0.3) is 0 Å². The van der Waals surface area contributed by atoms with Crippen LogP contribution in [0, 0.1) is 11.3 Å². The molecule has 1 fully saturated rings. The van der Waals surface area contributed by atoms with Crippen LogP contribution >= 0.6 is 11.3 Å². The van der Waals surface area contributed by atoms with Crippen molar-refractivity contribution < 1.29 is 22.7 Å². The summed E-state index contributed by atoms with van der Waals surface area (Å²) >= 11 is 1.38. The van der Waals surface area contributed by atoms with Gasteiger partial charge in [0.15, 0.2) is 5.82 Å². The molecule has 1 aromatic heterocycles. The number of carbonyl (C=O) groups is 1. The highest BCUT2D eigenvalue weighted by atomic mass is 32.2. The molecule has 3 aromatic rings. The molecule has 0 spiro atoms. The van der Waals surface area contributed by atoms with E-state index in [-0.39, 0.29) is 22.8 Å². The Bertz CT molecular complexity index is 1310. The van der Waals surface area contributed by atoms with Crippen molar-refractivity contribution in [2.75, 3.05) is 18.5 Å². The van der Waals surface area contributed by atoms with Crippen molar-refractivity contribution in [1.82, 2.24) is 4.98 Å². The van der Waals surface area contributed by atoms with Crippen LogP contribution in [0.4, 0.5) is 11.5 Å². The zero-order chi connectivity index (χ0) is 26.7. The fourth-order valence-electron chi connectivity index (χ4n) is 5.08. The van der Waals surface area contributed by atoms with Gasteiger partial charge in [-0.1, -0.05) is 45.0 Å². The fraction of sp³-hybridized carbons (Fsp3) is 0.429. The molecule has 0 bridgehead atoms. The number of nitrogens with zero attached hydrogens (tertiary/aromatic N) is 2. The lowest BCUT2D eigenvalue weighted by atomic mass is 9.69. The minimum absolute atomic E-state index is 0.224. The first-order valence-electron chi connectivity index (χ1n) is 12.4. The molecule has 0 radical (unpaired) electrons. The number of benzene rings is 2. The quantitative estimate of drug-likeness (QED) is 0.268. The maximum absolute atomic E-state index is 12.3. The molecule has 2 aromatic carbocycles. The second-order valence-corrected chi connectivity index (χ2v) is 12.2. The predicted molar refractivity (Wildman–Crippen MR) is 148 cm³/mol. The van der Waals surface area contributed by atoms with Gasteiger partial charge in [-0.3, -0.25) is 0 Å². The lowest BCUT2D eigenvalue weighted by molar-refractivity contribution is 0.0600. The summed E-state index contributed by atoms with van der Waals surface area (Å²) in [6, 6.07) is 13.0. The van der Waals surface area contributed by atoms with Gasteiger partial charge in [-0.15, -0.1) is 11.3 Å². The van der Waals surface area contributed by atoms with Gasteiger partial charge < -0.3 is 9.47 Å². The number of ether oxygens (including phenoxy) is 2. The molecule has 9 heteroatoms. The van der Waals surface area contributed by atoms with E-state index in [1.165, 1.54) is 75.0 Å². The zero-order valence-corrected chi connectivity index (χ0v) is 23.6. The Morgan fingerprint density at radius 1 is 1.03 bits per heavy atom. The number of hydrogen-bond donors (Lipinski definition) is 1. The molecule has 4 rings (SSSR count). The molecule has 1 heterocycles. The third-order valence-corrected chi connectivity index (χ3v) is 8.91. The Morgan fingerprint density at radius 2 is 1.70 bits per heavy atom. The van der Waals surface area contributed by atoms with Crippen LogP contribution in [0.15, 0.2) is 47.8 Å². The van der Waals surface area contributed by atoms with Crippen molar-refractivity contribution in [2.45, 2.75) is 52.4 Å². The predicted octanol–water partition coefficient (Wildman–Crippen LogP) is 6.59. The van der Waals surface area contributed by atoms with E-state index in [0.29, 0.717) is 11.3 Å². The van der Waals surface area contributed by atoms with Gasteiger partial charge in [-0.25, -0.2) is 22.5 Å². The molecule has 1 saturated carbocycles. The molecule has 0 unspecified atom stereocenters. The standard InChI is InChI=1S/C28H34N2O5S2/c1-28(2,3)22-13-10-19(11-14-22)18-6-8-20(9-7-18)26-29-25(17-36-26)30(37(32)33)23-15-12-21(27(31)35-5)16-24(23)34-4/h6-9,12,15-17,19,22,37H,10-11,13-14H2,1-5H3. The number of methoxy groups -OCH3 is 2. The highest BCUT2D eigenvalue weighted by Gasteiger charge is 2.30. The number of aromatic nitrogens is 1. The molecule has 0 aliphatic heterocycles. The van der Waals surface area contributed by atoms with Crippen LogP contribution in [0.5, 0.6) is 5.75 Å². The number of thiazole rings is 1. The van der Waals surface area contributed by atoms with Crippen LogP contribution in [0.25, 0.3) is 10.6 Å². The Kier molecular flexibility index (Phi) is 8.23. The average Bonchev–Trinajstić information content (AvgIpc) is 3.37. The van der Waals surface area contributed by atoms with E-state index < -0.39 is 16.9 Å². The van der Waals surface area contributed by atoms with E-state index in [1.54, 1.807) is 5.38 Å². The SMILES string of the molecule is COC(=O)c1ccc(N(c2csc(-c3ccc(C4CCC(C(C)(C)C)CC4)cc3)n2)[SH](=O)=O)c(OC)c1. The highest BCUT2D eigenvalue weighted by Crippen LogP contribution is 2.43. The number of hydrogen-bond acceptors (Lipinski definition) is 7.